The molecule has 2 saturated heterocycles. The number of ether oxygens (including phenoxy) is 1. The van der Waals surface area contributed by atoms with Crippen molar-refractivity contribution in [2.75, 3.05) is 31.1 Å². The Morgan fingerprint density at radius 3 is 2.86 bits per heavy atom. The van der Waals surface area contributed by atoms with Gasteiger partial charge in [0.25, 0.3) is 0 Å². The normalized spacial score (nSPS) is 20.4. The summed E-state index contributed by atoms with van der Waals surface area (Å²) in [6.07, 6.45) is 2.34. The second-order valence-corrected chi connectivity index (χ2v) is 8.65. The SMILES string of the molecule is CC(C)(C)OC(=O)Cc1nc(N2CCN3CCCC3C2)nc2cccc(F)c12. The van der Waals surface area contributed by atoms with Crippen LogP contribution < -0.4 is 4.90 Å². The minimum atomic E-state index is -0.597. The average molecular weight is 386 g/mol. The lowest BCUT2D eigenvalue weighted by molar-refractivity contribution is -0.153. The van der Waals surface area contributed by atoms with Crippen LogP contribution in [-0.2, 0) is 16.0 Å². The van der Waals surface area contributed by atoms with Crippen LogP contribution in [0, 0.1) is 5.82 Å². The molecule has 0 amide bonds. The van der Waals surface area contributed by atoms with Crippen molar-refractivity contribution in [2.45, 2.75) is 51.7 Å². The first-order valence-electron chi connectivity index (χ1n) is 9.96. The molecular formula is C21H27FN4O2. The van der Waals surface area contributed by atoms with E-state index in [9.17, 15) is 9.18 Å². The Morgan fingerprint density at radius 1 is 1.25 bits per heavy atom. The monoisotopic (exact) mass is 386 g/mol. The number of carbonyl (C=O) groups excluding carboxylic acids is 1. The molecule has 6 nitrogen and oxygen atoms in total. The van der Waals surface area contributed by atoms with Gasteiger partial charge in [-0.2, -0.15) is 0 Å². The van der Waals surface area contributed by atoms with E-state index in [1.54, 1.807) is 12.1 Å². The van der Waals surface area contributed by atoms with Gasteiger partial charge in [-0.3, -0.25) is 9.69 Å². The summed E-state index contributed by atoms with van der Waals surface area (Å²) in [5.74, 6) is -0.256. The van der Waals surface area contributed by atoms with E-state index in [-0.39, 0.29) is 6.42 Å². The zero-order valence-electron chi connectivity index (χ0n) is 16.7. The van der Waals surface area contributed by atoms with Crippen LogP contribution in [0.3, 0.4) is 0 Å². The fourth-order valence-electron chi connectivity index (χ4n) is 4.16. The molecule has 2 aliphatic heterocycles. The molecule has 1 unspecified atom stereocenters. The zero-order chi connectivity index (χ0) is 19.9. The summed E-state index contributed by atoms with van der Waals surface area (Å²) in [5.41, 5.74) is 0.318. The van der Waals surface area contributed by atoms with E-state index in [1.165, 1.54) is 18.9 Å². The van der Waals surface area contributed by atoms with E-state index < -0.39 is 17.4 Å². The van der Waals surface area contributed by atoms with Gasteiger partial charge in [0.05, 0.1) is 23.0 Å². The maximum Gasteiger partial charge on any atom is 0.312 e. The van der Waals surface area contributed by atoms with Crippen LogP contribution in [-0.4, -0.2) is 58.7 Å². The van der Waals surface area contributed by atoms with E-state index in [2.05, 4.69) is 19.8 Å². The van der Waals surface area contributed by atoms with Gasteiger partial charge in [0, 0.05) is 25.7 Å². The Morgan fingerprint density at radius 2 is 2.07 bits per heavy atom. The van der Waals surface area contributed by atoms with Gasteiger partial charge in [-0.15, -0.1) is 0 Å². The molecule has 28 heavy (non-hydrogen) atoms. The van der Waals surface area contributed by atoms with Gasteiger partial charge < -0.3 is 9.64 Å². The largest absolute Gasteiger partial charge is 0.460 e. The summed E-state index contributed by atoms with van der Waals surface area (Å²) in [7, 11) is 0. The quantitative estimate of drug-likeness (QED) is 0.756. The molecule has 2 aromatic rings. The maximum atomic E-state index is 14.5. The van der Waals surface area contributed by atoms with E-state index in [4.69, 9.17) is 4.74 Å². The summed E-state index contributed by atoms with van der Waals surface area (Å²) < 4.78 is 20.0. The van der Waals surface area contributed by atoms with E-state index in [0.717, 1.165) is 26.2 Å². The number of carbonyl (C=O) groups is 1. The third-order valence-corrected chi connectivity index (χ3v) is 5.34. The van der Waals surface area contributed by atoms with E-state index in [0.29, 0.717) is 28.6 Å². The Labute approximate surface area is 164 Å². The number of piperazine rings is 1. The van der Waals surface area contributed by atoms with Crippen LogP contribution >= 0.6 is 0 Å². The Bertz CT molecular complexity index is 896. The summed E-state index contributed by atoms with van der Waals surface area (Å²) in [6, 6.07) is 5.31. The van der Waals surface area contributed by atoms with Crippen LogP contribution in [0.25, 0.3) is 10.9 Å². The Balaban J connectivity index is 1.67. The molecule has 4 rings (SSSR count). The van der Waals surface area contributed by atoms with Crippen molar-refractivity contribution < 1.29 is 13.9 Å². The molecule has 2 aliphatic rings. The topological polar surface area (TPSA) is 58.6 Å². The molecule has 1 aromatic heterocycles. The average Bonchev–Trinajstić information content (AvgIpc) is 3.07. The molecular weight excluding hydrogens is 359 g/mol. The summed E-state index contributed by atoms with van der Waals surface area (Å²) >= 11 is 0. The Kier molecular flexibility index (Phi) is 4.95. The van der Waals surface area contributed by atoms with Crippen molar-refractivity contribution in [3.63, 3.8) is 0 Å². The van der Waals surface area contributed by atoms with Crippen molar-refractivity contribution in [1.82, 2.24) is 14.9 Å². The highest BCUT2D eigenvalue weighted by molar-refractivity contribution is 5.86. The third kappa shape index (κ3) is 3.94. The smallest absolute Gasteiger partial charge is 0.312 e. The first-order chi connectivity index (χ1) is 13.3. The highest BCUT2D eigenvalue weighted by atomic mass is 19.1. The summed E-state index contributed by atoms with van der Waals surface area (Å²) in [5, 5.41) is 0.302. The minimum absolute atomic E-state index is 0.0758. The van der Waals surface area contributed by atoms with Crippen molar-refractivity contribution in [3.05, 3.63) is 29.7 Å². The number of aromatic nitrogens is 2. The molecule has 0 aliphatic carbocycles. The highest BCUT2D eigenvalue weighted by Crippen LogP contribution is 2.27. The fraction of sp³-hybridized carbons (Fsp3) is 0.571. The van der Waals surface area contributed by atoms with Crippen LogP contribution in [0.2, 0.25) is 0 Å². The number of benzene rings is 1. The van der Waals surface area contributed by atoms with Gasteiger partial charge in [-0.25, -0.2) is 14.4 Å². The predicted octanol–water partition coefficient (Wildman–Crippen LogP) is 2.94. The number of rotatable bonds is 3. The molecule has 0 N–H and O–H groups in total. The molecule has 3 heterocycles. The first-order valence-corrected chi connectivity index (χ1v) is 9.96. The van der Waals surface area contributed by atoms with Gasteiger partial charge in [0.1, 0.15) is 11.4 Å². The standard InChI is InChI=1S/C21H27FN4O2/c1-21(2,3)28-18(27)12-17-19-15(22)7-4-8-16(19)23-20(24-17)26-11-10-25-9-5-6-14(25)13-26/h4,7-8,14H,5-6,9-13H2,1-3H3. The van der Waals surface area contributed by atoms with Crippen LogP contribution in [0.15, 0.2) is 18.2 Å². The van der Waals surface area contributed by atoms with Crippen LogP contribution in [0.5, 0.6) is 0 Å². The lowest BCUT2D eigenvalue weighted by Crippen LogP contribution is -2.50. The number of hydrogen-bond acceptors (Lipinski definition) is 6. The number of hydrogen-bond donors (Lipinski definition) is 0. The number of halogens is 1. The van der Waals surface area contributed by atoms with E-state index >= 15 is 0 Å². The van der Waals surface area contributed by atoms with Crippen LogP contribution in [0.1, 0.15) is 39.3 Å². The Hall–Kier alpha value is -2.28. The molecule has 150 valence electrons. The van der Waals surface area contributed by atoms with Crippen molar-refractivity contribution in [3.8, 4) is 0 Å². The van der Waals surface area contributed by atoms with Crippen molar-refractivity contribution >= 4 is 22.8 Å². The molecule has 0 saturated carbocycles. The predicted molar refractivity (Wildman–Crippen MR) is 106 cm³/mol. The first kappa shape index (κ1) is 19.1. The minimum Gasteiger partial charge on any atom is -0.460 e. The van der Waals surface area contributed by atoms with Crippen molar-refractivity contribution in [1.29, 1.82) is 0 Å². The molecule has 1 aromatic carbocycles. The lowest BCUT2D eigenvalue weighted by atomic mass is 10.1. The number of fused-ring (bicyclic) bond motifs is 2. The van der Waals surface area contributed by atoms with Gasteiger partial charge in [0.2, 0.25) is 5.95 Å². The summed E-state index contributed by atoms with van der Waals surface area (Å²) in [6.45, 7) is 9.29. The van der Waals surface area contributed by atoms with Crippen LogP contribution in [0.4, 0.5) is 10.3 Å². The number of nitrogens with zero attached hydrogens (tertiary/aromatic N) is 4. The third-order valence-electron chi connectivity index (χ3n) is 5.34. The molecule has 0 radical (unpaired) electrons. The number of anilines is 1. The maximum absolute atomic E-state index is 14.5. The molecule has 7 heteroatoms. The molecule has 2 fully saturated rings. The van der Waals surface area contributed by atoms with Gasteiger partial charge in [0.15, 0.2) is 0 Å². The summed E-state index contributed by atoms with van der Waals surface area (Å²) in [4.78, 5) is 26.3. The fourth-order valence-corrected chi connectivity index (χ4v) is 4.16. The second-order valence-electron chi connectivity index (χ2n) is 8.65. The van der Waals surface area contributed by atoms with Gasteiger partial charge >= 0.3 is 5.97 Å². The van der Waals surface area contributed by atoms with E-state index in [1.807, 2.05) is 20.8 Å². The molecule has 0 bridgehead atoms. The lowest BCUT2D eigenvalue weighted by Gasteiger charge is -2.37. The number of esters is 1. The second kappa shape index (κ2) is 7.28. The highest BCUT2D eigenvalue weighted by Gasteiger charge is 2.32. The van der Waals surface area contributed by atoms with Gasteiger partial charge in [-0.1, -0.05) is 6.07 Å². The van der Waals surface area contributed by atoms with Crippen molar-refractivity contribution in [2.24, 2.45) is 0 Å². The molecule has 0 spiro atoms. The zero-order valence-corrected chi connectivity index (χ0v) is 16.7. The van der Waals surface area contributed by atoms with Gasteiger partial charge in [-0.05, 0) is 52.3 Å². The molecule has 1 atom stereocenters.